The van der Waals surface area contributed by atoms with Crippen LogP contribution in [0.4, 0.5) is 0 Å². The highest BCUT2D eigenvalue weighted by molar-refractivity contribution is 6.32. The third-order valence-corrected chi connectivity index (χ3v) is 5.83. The van der Waals surface area contributed by atoms with Gasteiger partial charge in [-0.25, -0.2) is 0 Å². The largest absolute Gasteiger partial charge is 0.451 e. The van der Waals surface area contributed by atoms with Gasteiger partial charge < -0.3 is 4.42 Å². The summed E-state index contributed by atoms with van der Waals surface area (Å²) in [6, 6.07) is 13.3. The molecule has 1 aromatic heterocycles. The summed E-state index contributed by atoms with van der Waals surface area (Å²) < 4.78 is 5.91. The number of rotatable bonds is 1. The van der Waals surface area contributed by atoms with Gasteiger partial charge in [-0.1, -0.05) is 48.5 Å². The molecule has 1 atom stereocenters. The molecule has 0 saturated heterocycles. The van der Waals surface area contributed by atoms with Gasteiger partial charge >= 0.3 is 0 Å². The lowest BCUT2D eigenvalue weighted by atomic mass is 9.65. The van der Waals surface area contributed by atoms with E-state index >= 15 is 0 Å². The normalized spacial score (nSPS) is 19.6. The van der Waals surface area contributed by atoms with Crippen molar-refractivity contribution < 1.29 is 23.6 Å². The Kier molecular flexibility index (Phi) is 3.09. The fraction of sp³-hybridized carbons (Fsp3) is 0.130. The van der Waals surface area contributed by atoms with Crippen LogP contribution in [-0.4, -0.2) is 23.1 Å². The van der Waals surface area contributed by atoms with Gasteiger partial charge in [0.05, 0.1) is 5.56 Å². The van der Waals surface area contributed by atoms with Gasteiger partial charge in [0.25, 0.3) is 0 Å². The average molecular weight is 370 g/mol. The molecule has 0 radical (unpaired) electrons. The van der Waals surface area contributed by atoms with Gasteiger partial charge in [0, 0.05) is 27.8 Å². The zero-order valence-electron chi connectivity index (χ0n) is 15.2. The highest BCUT2D eigenvalue weighted by Crippen LogP contribution is 2.49. The average Bonchev–Trinajstić information content (AvgIpc) is 3.12. The monoisotopic (exact) mass is 370 g/mol. The van der Waals surface area contributed by atoms with Crippen LogP contribution >= 0.6 is 0 Å². The van der Waals surface area contributed by atoms with E-state index in [1.54, 1.807) is 48.5 Å². The fourth-order valence-electron chi connectivity index (χ4n) is 4.21. The summed E-state index contributed by atoms with van der Waals surface area (Å²) in [5, 5.41) is 0. The van der Waals surface area contributed by atoms with Gasteiger partial charge in [-0.3, -0.25) is 19.2 Å². The first-order valence-electron chi connectivity index (χ1n) is 8.88. The highest BCUT2D eigenvalue weighted by atomic mass is 16.4. The fourth-order valence-corrected chi connectivity index (χ4v) is 4.21. The number of furan rings is 1. The first-order chi connectivity index (χ1) is 13.4. The number of ketones is 4. The Bertz CT molecular complexity index is 1260. The van der Waals surface area contributed by atoms with Crippen LogP contribution in [0.15, 0.2) is 52.9 Å². The van der Waals surface area contributed by atoms with E-state index in [0.29, 0.717) is 11.1 Å². The predicted octanol–water partition coefficient (Wildman–Crippen LogP) is 3.77. The molecular formula is C23H14O5. The Morgan fingerprint density at radius 2 is 1.32 bits per heavy atom. The van der Waals surface area contributed by atoms with Crippen LogP contribution in [0.2, 0.25) is 0 Å². The predicted molar refractivity (Wildman–Crippen MR) is 99.8 cm³/mol. The minimum atomic E-state index is -1.59. The molecule has 3 aromatic rings. The molecule has 28 heavy (non-hydrogen) atoms. The van der Waals surface area contributed by atoms with Crippen LogP contribution in [0, 0.1) is 0 Å². The van der Waals surface area contributed by atoms with Gasteiger partial charge in [0.15, 0.2) is 17.3 Å². The first kappa shape index (κ1) is 16.6. The number of carbonyl (C=O) groups is 4. The van der Waals surface area contributed by atoms with E-state index in [4.69, 9.17) is 4.42 Å². The Balaban J connectivity index is 1.93. The van der Waals surface area contributed by atoms with Crippen LogP contribution in [0.1, 0.15) is 61.8 Å². The van der Waals surface area contributed by atoms with Crippen LogP contribution in [0.3, 0.4) is 0 Å². The smallest absolute Gasteiger partial charge is 0.229 e. The zero-order valence-corrected chi connectivity index (χ0v) is 15.2. The molecule has 0 spiro atoms. The van der Waals surface area contributed by atoms with E-state index in [0.717, 1.165) is 0 Å². The highest BCUT2D eigenvalue weighted by Gasteiger charge is 2.53. The Morgan fingerprint density at radius 1 is 0.786 bits per heavy atom. The van der Waals surface area contributed by atoms with Crippen LogP contribution < -0.4 is 0 Å². The molecule has 0 amide bonds. The quantitative estimate of drug-likeness (QED) is 0.477. The molecule has 0 saturated carbocycles. The van der Waals surface area contributed by atoms with Crippen molar-refractivity contribution in [2.45, 2.75) is 19.3 Å². The van der Waals surface area contributed by atoms with Gasteiger partial charge in [-0.15, -0.1) is 0 Å². The molecular weight excluding hydrogens is 356 g/mol. The van der Waals surface area contributed by atoms with Crippen molar-refractivity contribution in [3.8, 4) is 11.3 Å². The summed E-state index contributed by atoms with van der Waals surface area (Å²) in [6.45, 7) is 2.82. The molecule has 136 valence electrons. The molecule has 2 aromatic carbocycles. The van der Waals surface area contributed by atoms with Crippen molar-refractivity contribution in [3.63, 3.8) is 0 Å². The van der Waals surface area contributed by atoms with Crippen molar-refractivity contribution in [2.75, 3.05) is 0 Å². The number of hydrogen-bond donors (Lipinski definition) is 0. The van der Waals surface area contributed by atoms with Crippen LogP contribution in [0.25, 0.3) is 11.3 Å². The van der Waals surface area contributed by atoms with Crippen LogP contribution in [-0.2, 0) is 10.2 Å². The van der Waals surface area contributed by atoms with Gasteiger partial charge in [0.2, 0.25) is 5.78 Å². The lowest BCUT2D eigenvalue weighted by Crippen LogP contribution is -2.43. The molecule has 5 nitrogen and oxygen atoms in total. The Morgan fingerprint density at radius 3 is 1.93 bits per heavy atom. The number of carbonyl (C=O) groups excluding carboxylic acids is 4. The number of Topliss-reactive ketones (excluding diaryl/α,β-unsaturated/α-hetero) is 2. The van der Waals surface area contributed by atoms with E-state index < -0.39 is 28.5 Å². The molecule has 2 aliphatic carbocycles. The summed E-state index contributed by atoms with van der Waals surface area (Å²) in [5.74, 6) is -1.50. The maximum atomic E-state index is 13.3. The second kappa shape index (κ2) is 5.23. The third-order valence-electron chi connectivity index (χ3n) is 5.83. The molecule has 0 bridgehead atoms. The maximum absolute atomic E-state index is 13.3. The lowest BCUT2D eigenvalue weighted by Gasteiger charge is -2.31. The second-order valence-corrected chi connectivity index (χ2v) is 7.27. The third kappa shape index (κ3) is 1.76. The summed E-state index contributed by atoms with van der Waals surface area (Å²) in [5.41, 5.74) is -0.0263. The summed E-state index contributed by atoms with van der Waals surface area (Å²) in [7, 11) is 0. The molecule has 1 unspecified atom stereocenters. The molecule has 2 aliphatic rings. The van der Waals surface area contributed by atoms with Crippen LogP contribution in [0.5, 0.6) is 0 Å². The summed E-state index contributed by atoms with van der Waals surface area (Å²) >= 11 is 0. The number of benzene rings is 2. The Labute approximate surface area is 160 Å². The van der Waals surface area contributed by atoms with Gasteiger partial charge in [-0.05, 0) is 13.8 Å². The van der Waals surface area contributed by atoms with E-state index in [2.05, 4.69) is 0 Å². The maximum Gasteiger partial charge on any atom is 0.229 e. The van der Waals surface area contributed by atoms with Gasteiger partial charge in [0.1, 0.15) is 17.0 Å². The van der Waals surface area contributed by atoms with E-state index in [-0.39, 0.29) is 33.8 Å². The molecule has 1 heterocycles. The molecule has 0 aliphatic heterocycles. The SMILES string of the molecule is CC(=O)C1(C)C(=O)c2ccccc2-c2oc3c(c21)C(=O)c1ccccc1C3=O. The molecule has 5 heteroatoms. The summed E-state index contributed by atoms with van der Waals surface area (Å²) in [4.78, 5) is 52.3. The van der Waals surface area contributed by atoms with Crippen molar-refractivity contribution in [3.05, 3.63) is 82.1 Å². The molecule has 0 fully saturated rings. The van der Waals surface area contributed by atoms with E-state index in [1.807, 2.05) is 0 Å². The topological polar surface area (TPSA) is 81.4 Å². The van der Waals surface area contributed by atoms with Crippen molar-refractivity contribution in [2.24, 2.45) is 0 Å². The number of hydrogen-bond acceptors (Lipinski definition) is 5. The summed E-state index contributed by atoms with van der Waals surface area (Å²) in [6.07, 6.45) is 0. The van der Waals surface area contributed by atoms with Crippen molar-refractivity contribution in [1.82, 2.24) is 0 Å². The lowest BCUT2D eigenvalue weighted by molar-refractivity contribution is -0.120. The van der Waals surface area contributed by atoms with Gasteiger partial charge in [-0.2, -0.15) is 0 Å². The van der Waals surface area contributed by atoms with E-state index in [9.17, 15) is 19.2 Å². The van der Waals surface area contributed by atoms with E-state index in [1.165, 1.54) is 13.8 Å². The second-order valence-electron chi connectivity index (χ2n) is 7.27. The van der Waals surface area contributed by atoms with Crippen molar-refractivity contribution in [1.29, 1.82) is 0 Å². The minimum absolute atomic E-state index is 0.0271. The zero-order chi connectivity index (χ0) is 19.8. The van der Waals surface area contributed by atoms with Crippen molar-refractivity contribution >= 4 is 23.1 Å². The molecule has 5 rings (SSSR count). The number of fused-ring (bicyclic) bond motifs is 6. The Hall–Kier alpha value is -3.60. The standard InChI is InChI=1S/C23H14O5/c1-11(24)23(2)17-16-18(25)12-7-3-4-8-13(12)19(26)21(16)28-20(17)14-9-5-6-10-15(14)22(23)27/h3-10H,1-2H3. The first-order valence-corrected chi connectivity index (χ1v) is 8.88. The minimum Gasteiger partial charge on any atom is -0.451 e. The molecule has 0 N–H and O–H groups in total.